The summed E-state index contributed by atoms with van der Waals surface area (Å²) in [6.45, 7) is 4.20. The highest BCUT2D eigenvalue weighted by molar-refractivity contribution is 5.90. The van der Waals surface area contributed by atoms with Gasteiger partial charge in [-0.2, -0.15) is 0 Å². The molecule has 0 aliphatic rings. The van der Waals surface area contributed by atoms with Crippen molar-refractivity contribution in [1.82, 2.24) is 0 Å². The topological polar surface area (TPSA) is 81.1 Å². The fourth-order valence-electron chi connectivity index (χ4n) is 5.73. The van der Waals surface area contributed by atoms with E-state index in [9.17, 15) is 19.8 Å². The molecule has 6 rings (SSSR count). The van der Waals surface area contributed by atoms with Gasteiger partial charge in [0.1, 0.15) is 0 Å². The van der Waals surface area contributed by atoms with Crippen LogP contribution in [-0.2, 0) is 0 Å². The lowest BCUT2D eigenvalue weighted by atomic mass is 9.95. The van der Waals surface area contributed by atoms with Crippen LogP contribution in [0.3, 0.4) is 0 Å². The van der Waals surface area contributed by atoms with Crippen LogP contribution < -0.4 is 9.80 Å². The average Bonchev–Trinajstić information content (AvgIpc) is 3.07. The zero-order chi connectivity index (χ0) is 32.2. The molecule has 6 heteroatoms. The zero-order valence-electron chi connectivity index (χ0n) is 25.5. The molecule has 0 radical (unpaired) electrons. The van der Waals surface area contributed by atoms with Gasteiger partial charge in [-0.3, -0.25) is 0 Å². The molecule has 0 spiro atoms. The van der Waals surface area contributed by atoms with E-state index in [0.717, 1.165) is 56.4 Å². The zero-order valence-corrected chi connectivity index (χ0v) is 25.5. The molecule has 0 heterocycles. The molecule has 6 nitrogen and oxygen atoms in total. The molecule has 0 aliphatic carbocycles. The normalized spacial score (nSPS) is 10.7. The number of para-hydroxylation sites is 2. The summed E-state index contributed by atoms with van der Waals surface area (Å²) >= 11 is 0. The van der Waals surface area contributed by atoms with Crippen LogP contribution >= 0.6 is 0 Å². The minimum atomic E-state index is -0.956. The van der Waals surface area contributed by atoms with Gasteiger partial charge in [0.05, 0.1) is 11.1 Å². The molecule has 0 saturated heterocycles. The molecule has 226 valence electrons. The number of hydrogen-bond donors (Lipinski definition) is 2. The predicted molar refractivity (Wildman–Crippen MR) is 185 cm³/mol. The summed E-state index contributed by atoms with van der Waals surface area (Å²) in [7, 11) is 0. The number of aromatic carboxylic acids is 2. The lowest BCUT2D eigenvalue weighted by Gasteiger charge is -2.27. The minimum Gasteiger partial charge on any atom is -0.478 e. The Morgan fingerprint density at radius 3 is 1.02 bits per heavy atom. The van der Waals surface area contributed by atoms with E-state index >= 15 is 0 Å². The number of anilines is 6. The summed E-state index contributed by atoms with van der Waals surface area (Å²) in [5.41, 5.74) is 10.5. The number of nitrogens with zero attached hydrogens (tertiary/aromatic N) is 2. The first-order valence-electron chi connectivity index (χ1n) is 14.9. The Morgan fingerprint density at radius 2 is 0.717 bits per heavy atom. The maximum atomic E-state index is 11.5. The molecule has 0 unspecified atom stereocenters. The van der Waals surface area contributed by atoms with Crippen molar-refractivity contribution in [2.75, 3.05) is 9.80 Å². The number of benzene rings is 6. The van der Waals surface area contributed by atoms with E-state index in [1.807, 2.05) is 84.9 Å². The van der Waals surface area contributed by atoms with Crippen molar-refractivity contribution in [3.63, 3.8) is 0 Å². The van der Waals surface area contributed by atoms with Crippen molar-refractivity contribution in [2.45, 2.75) is 13.8 Å². The van der Waals surface area contributed by atoms with E-state index < -0.39 is 11.9 Å². The van der Waals surface area contributed by atoms with Crippen LogP contribution in [0.2, 0.25) is 0 Å². The first kappa shape index (κ1) is 29.9. The Morgan fingerprint density at radius 1 is 0.413 bits per heavy atom. The van der Waals surface area contributed by atoms with Crippen LogP contribution in [0.1, 0.15) is 31.8 Å². The largest absolute Gasteiger partial charge is 0.478 e. The second-order valence-electron chi connectivity index (χ2n) is 11.0. The van der Waals surface area contributed by atoms with Gasteiger partial charge in [-0.15, -0.1) is 0 Å². The SMILES string of the molecule is Cc1cc(N(c2ccccc2)c2ccc(C(=O)O)cc2)ccc1-c1ccc(N(c2ccccc2)c2ccc(C(=O)O)cc2)cc1C. The van der Waals surface area contributed by atoms with Crippen molar-refractivity contribution < 1.29 is 19.8 Å². The molecular formula is C40H32N2O4. The van der Waals surface area contributed by atoms with Crippen molar-refractivity contribution in [2.24, 2.45) is 0 Å². The predicted octanol–water partition coefficient (Wildman–Crippen LogP) is 10.3. The van der Waals surface area contributed by atoms with Crippen molar-refractivity contribution in [1.29, 1.82) is 0 Å². The first-order chi connectivity index (χ1) is 22.3. The highest BCUT2D eigenvalue weighted by Crippen LogP contribution is 2.40. The van der Waals surface area contributed by atoms with Crippen LogP contribution in [0.4, 0.5) is 34.1 Å². The van der Waals surface area contributed by atoms with Crippen molar-refractivity contribution in [3.05, 3.63) is 168 Å². The van der Waals surface area contributed by atoms with Gasteiger partial charge in [-0.25, -0.2) is 9.59 Å². The Kier molecular flexibility index (Phi) is 8.35. The van der Waals surface area contributed by atoms with E-state index in [1.165, 1.54) is 0 Å². The average molecular weight is 605 g/mol. The lowest BCUT2D eigenvalue weighted by Crippen LogP contribution is -2.11. The minimum absolute atomic E-state index is 0.241. The molecule has 0 amide bonds. The van der Waals surface area contributed by atoms with E-state index in [2.05, 4.69) is 60.0 Å². The smallest absolute Gasteiger partial charge is 0.335 e. The molecular weight excluding hydrogens is 572 g/mol. The second-order valence-corrected chi connectivity index (χ2v) is 11.0. The van der Waals surface area contributed by atoms with Crippen LogP contribution in [0.15, 0.2) is 146 Å². The Labute approximate surface area is 268 Å². The molecule has 6 aromatic rings. The van der Waals surface area contributed by atoms with Gasteiger partial charge in [0, 0.05) is 34.1 Å². The van der Waals surface area contributed by atoms with Gasteiger partial charge in [0.2, 0.25) is 0 Å². The number of hydrogen-bond acceptors (Lipinski definition) is 4. The summed E-state index contributed by atoms with van der Waals surface area (Å²) in [5, 5.41) is 18.8. The highest BCUT2D eigenvalue weighted by atomic mass is 16.4. The Bertz CT molecular complexity index is 1860. The number of carbonyl (C=O) groups is 2. The number of carboxylic acid groups (broad SMARTS) is 2. The van der Waals surface area contributed by atoms with Crippen LogP contribution in [0.25, 0.3) is 11.1 Å². The third-order valence-corrected chi connectivity index (χ3v) is 8.00. The summed E-state index contributed by atoms with van der Waals surface area (Å²) in [6.07, 6.45) is 0. The molecule has 0 fully saturated rings. The standard InChI is InChI=1S/C40H32N2O4/c1-27-25-35(41(31-9-5-3-6-10-31)33-17-13-29(14-18-33)39(43)44)21-23-37(27)38-24-22-36(26-28(38)2)42(32-11-7-4-8-12-32)34-19-15-30(16-20-34)40(45)46/h3-26H,1-2H3,(H,43,44)(H,45,46). The van der Waals surface area contributed by atoms with Gasteiger partial charge in [-0.1, -0.05) is 48.5 Å². The van der Waals surface area contributed by atoms with Gasteiger partial charge < -0.3 is 20.0 Å². The molecule has 2 N–H and O–H groups in total. The van der Waals surface area contributed by atoms with Crippen LogP contribution in [0, 0.1) is 13.8 Å². The summed E-state index contributed by atoms with van der Waals surface area (Å²) in [6, 6.07) is 46.6. The lowest BCUT2D eigenvalue weighted by molar-refractivity contribution is 0.0686. The summed E-state index contributed by atoms with van der Waals surface area (Å²) in [5.74, 6) is -1.91. The van der Waals surface area contributed by atoms with E-state index in [0.29, 0.717) is 0 Å². The van der Waals surface area contributed by atoms with Gasteiger partial charge in [0.15, 0.2) is 0 Å². The third-order valence-electron chi connectivity index (χ3n) is 8.00. The summed E-state index contributed by atoms with van der Waals surface area (Å²) < 4.78 is 0. The summed E-state index contributed by atoms with van der Waals surface area (Å²) in [4.78, 5) is 27.2. The van der Waals surface area contributed by atoms with E-state index in [4.69, 9.17) is 0 Å². The maximum absolute atomic E-state index is 11.5. The molecule has 0 atom stereocenters. The van der Waals surface area contributed by atoms with E-state index in [-0.39, 0.29) is 11.1 Å². The third kappa shape index (κ3) is 6.10. The molecule has 6 aromatic carbocycles. The van der Waals surface area contributed by atoms with Crippen molar-refractivity contribution in [3.8, 4) is 11.1 Å². The highest BCUT2D eigenvalue weighted by Gasteiger charge is 2.18. The first-order valence-corrected chi connectivity index (χ1v) is 14.9. The monoisotopic (exact) mass is 604 g/mol. The second kappa shape index (κ2) is 12.8. The fourth-order valence-corrected chi connectivity index (χ4v) is 5.73. The van der Waals surface area contributed by atoms with Crippen LogP contribution in [-0.4, -0.2) is 22.2 Å². The van der Waals surface area contributed by atoms with Crippen molar-refractivity contribution >= 4 is 46.1 Å². The van der Waals surface area contributed by atoms with Gasteiger partial charge in [-0.05, 0) is 133 Å². The van der Waals surface area contributed by atoms with E-state index in [1.54, 1.807) is 24.3 Å². The van der Waals surface area contributed by atoms with Gasteiger partial charge in [0.25, 0.3) is 0 Å². The molecule has 0 aliphatic heterocycles. The Hall–Kier alpha value is -6.14. The van der Waals surface area contributed by atoms with Gasteiger partial charge >= 0.3 is 11.9 Å². The maximum Gasteiger partial charge on any atom is 0.335 e. The number of aryl methyl sites for hydroxylation is 2. The number of rotatable bonds is 9. The number of carboxylic acids is 2. The quantitative estimate of drug-likeness (QED) is 0.171. The Balaban J connectivity index is 1.37. The molecule has 46 heavy (non-hydrogen) atoms. The molecule has 0 bridgehead atoms. The molecule has 0 aromatic heterocycles. The fraction of sp³-hybridized carbons (Fsp3) is 0.0500. The molecule has 0 saturated carbocycles. The van der Waals surface area contributed by atoms with Crippen LogP contribution in [0.5, 0.6) is 0 Å².